The van der Waals surface area contributed by atoms with Crippen molar-refractivity contribution >= 4 is 34.2 Å². The summed E-state index contributed by atoms with van der Waals surface area (Å²) in [6.07, 6.45) is -0.711. The van der Waals surface area contributed by atoms with Crippen molar-refractivity contribution in [3.8, 4) is 0 Å². The molecule has 3 rings (SSSR count). The highest BCUT2D eigenvalue weighted by atomic mass is 32.2. The van der Waals surface area contributed by atoms with E-state index in [9.17, 15) is 18.2 Å². The van der Waals surface area contributed by atoms with Gasteiger partial charge in [-0.25, -0.2) is 13.2 Å². The van der Waals surface area contributed by atoms with Crippen molar-refractivity contribution in [1.29, 1.82) is 0 Å². The smallest absolute Gasteiger partial charge is 0.450 e. The molecule has 2 aromatic carbocycles. The molecule has 0 radical (unpaired) electrons. The van der Waals surface area contributed by atoms with E-state index in [1.54, 1.807) is 44.2 Å². The van der Waals surface area contributed by atoms with Crippen LogP contribution in [0.3, 0.4) is 0 Å². The molecule has 0 saturated carbocycles. The minimum absolute atomic E-state index is 0.0125. The van der Waals surface area contributed by atoms with Crippen molar-refractivity contribution in [3.63, 3.8) is 0 Å². The Kier molecular flexibility index (Phi) is 5.55. The Balaban J connectivity index is 1.91. The average molecular weight is 389 g/mol. The third-order valence-corrected chi connectivity index (χ3v) is 5.95. The van der Waals surface area contributed by atoms with Crippen molar-refractivity contribution in [3.05, 3.63) is 53.1 Å². The fourth-order valence-corrected chi connectivity index (χ4v) is 4.44. The highest BCUT2D eigenvalue weighted by Crippen LogP contribution is 2.26. The number of hydrogen-bond donors (Lipinski definition) is 2. The van der Waals surface area contributed by atoms with E-state index in [1.807, 2.05) is 0 Å². The Morgan fingerprint density at radius 3 is 2.81 bits per heavy atom. The van der Waals surface area contributed by atoms with Gasteiger partial charge in [0.05, 0.1) is 29.5 Å². The number of nitrogens with one attached hydrogen (secondary N) is 1. The second-order valence-electron chi connectivity index (χ2n) is 6.30. The molecule has 0 aliphatic carbocycles. The van der Waals surface area contributed by atoms with Gasteiger partial charge in [-0.2, -0.15) is 0 Å². The van der Waals surface area contributed by atoms with Gasteiger partial charge in [-0.3, -0.25) is 5.32 Å². The number of carbonyl (C=O) groups excluding carboxylic acids is 1. The van der Waals surface area contributed by atoms with Crippen LogP contribution in [0.5, 0.6) is 0 Å². The molecular formula is C18H20BNO6S. The summed E-state index contributed by atoms with van der Waals surface area (Å²) < 4.78 is 35.9. The van der Waals surface area contributed by atoms with E-state index >= 15 is 0 Å². The predicted molar refractivity (Wildman–Crippen MR) is 102 cm³/mol. The number of rotatable bonds is 5. The van der Waals surface area contributed by atoms with E-state index in [0.29, 0.717) is 17.6 Å². The van der Waals surface area contributed by atoms with Crippen LogP contribution in [0.2, 0.25) is 0 Å². The SMILES string of the molecule is CCOC(=O)Nc1cc(C)ccc1S(=O)(=O)Cc1ccc2c(c1)B(O)OC2. The van der Waals surface area contributed by atoms with Gasteiger partial charge in [0.2, 0.25) is 0 Å². The number of fused-ring (bicyclic) bond motifs is 1. The molecule has 1 amide bonds. The van der Waals surface area contributed by atoms with E-state index in [-0.39, 0.29) is 22.9 Å². The first-order valence-corrected chi connectivity index (χ1v) is 10.1. The first-order chi connectivity index (χ1) is 12.8. The molecule has 0 bridgehead atoms. The monoisotopic (exact) mass is 389 g/mol. The second kappa shape index (κ2) is 7.71. The Bertz CT molecular complexity index is 976. The molecule has 27 heavy (non-hydrogen) atoms. The number of benzene rings is 2. The lowest BCUT2D eigenvalue weighted by molar-refractivity contribution is 0.168. The first kappa shape index (κ1) is 19.4. The summed E-state index contributed by atoms with van der Waals surface area (Å²) in [5, 5.41) is 12.3. The molecule has 7 nitrogen and oxygen atoms in total. The molecule has 142 valence electrons. The molecule has 2 aromatic rings. The number of aryl methyl sites for hydroxylation is 1. The minimum atomic E-state index is -3.75. The third kappa shape index (κ3) is 4.32. The Labute approximate surface area is 158 Å². The third-order valence-electron chi connectivity index (χ3n) is 4.21. The molecule has 0 saturated heterocycles. The van der Waals surface area contributed by atoms with Crippen LogP contribution in [-0.4, -0.2) is 33.3 Å². The lowest BCUT2D eigenvalue weighted by atomic mass is 9.79. The van der Waals surface area contributed by atoms with Gasteiger partial charge in [0.1, 0.15) is 0 Å². The standard InChI is InChI=1S/C18H20BNO6S/c1-3-25-18(21)20-16-8-12(2)4-7-17(16)27(23,24)11-13-5-6-14-10-26-19(22)15(14)9-13/h4-9,22H,3,10-11H2,1-2H3,(H,20,21). The van der Waals surface area contributed by atoms with Crippen LogP contribution in [0.4, 0.5) is 10.5 Å². The number of hydrogen-bond acceptors (Lipinski definition) is 6. The summed E-state index contributed by atoms with van der Waals surface area (Å²) in [6, 6.07) is 9.82. The molecule has 1 aliphatic rings. The van der Waals surface area contributed by atoms with Gasteiger partial charge in [-0.15, -0.1) is 0 Å². The first-order valence-electron chi connectivity index (χ1n) is 8.48. The second-order valence-corrected chi connectivity index (χ2v) is 8.26. The molecule has 1 aliphatic heterocycles. The largest absolute Gasteiger partial charge is 0.491 e. The number of carbonyl (C=O) groups is 1. The average Bonchev–Trinajstić information content (AvgIpc) is 2.95. The maximum absolute atomic E-state index is 13.0. The van der Waals surface area contributed by atoms with E-state index in [4.69, 9.17) is 9.39 Å². The van der Waals surface area contributed by atoms with E-state index in [0.717, 1.165) is 11.1 Å². The predicted octanol–water partition coefficient (Wildman–Crippen LogP) is 1.76. The van der Waals surface area contributed by atoms with Crippen LogP contribution in [0, 0.1) is 6.92 Å². The number of sulfone groups is 1. The highest BCUT2D eigenvalue weighted by molar-refractivity contribution is 7.90. The number of anilines is 1. The van der Waals surface area contributed by atoms with Crippen LogP contribution in [0.15, 0.2) is 41.3 Å². The van der Waals surface area contributed by atoms with Gasteiger partial charge >= 0.3 is 13.2 Å². The van der Waals surface area contributed by atoms with Crippen molar-refractivity contribution in [2.45, 2.75) is 31.1 Å². The van der Waals surface area contributed by atoms with Gasteiger partial charge in [0.25, 0.3) is 0 Å². The molecule has 0 atom stereocenters. The summed E-state index contributed by atoms with van der Waals surface area (Å²) >= 11 is 0. The lowest BCUT2D eigenvalue weighted by Gasteiger charge is -2.13. The van der Waals surface area contributed by atoms with Crippen molar-refractivity contribution in [2.75, 3.05) is 11.9 Å². The van der Waals surface area contributed by atoms with E-state index in [2.05, 4.69) is 5.32 Å². The Morgan fingerprint density at radius 2 is 2.07 bits per heavy atom. The molecule has 0 spiro atoms. The zero-order valence-electron chi connectivity index (χ0n) is 15.1. The molecule has 1 heterocycles. The summed E-state index contributed by atoms with van der Waals surface area (Å²) in [5.74, 6) is -0.270. The molecule has 2 N–H and O–H groups in total. The quantitative estimate of drug-likeness (QED) is 0.756. The van der Waals surface area contributed by atoms with E-state index < -0.39 is 23.0 Å². The fourth-order valence-electron chi connectivity index (χ4n) is 2.94. The molecule has 0 fully saturated rings. The van der Waals surface area contributed by atoms with Gasteiger partial charge in [-0.1, -0.05) is 24.3 Å². The summed E-state index contributed by atoms with van der Waals surface area (Å²) in [5.41, 5.74) is 2.93. The van der Waals surface area contributed by atoms with Crippen LogP contribution < -0.4 is 10.8 Å². The number of amides is 1. The van der Waals surface area contributed by atoms with Crippen LogP contribution in [0.25, 0.3) is 0 Å². The van der Waals surface area contributed by atoms with Gasteiger partial charge in [0, 0.05) is 0 Å². The maximum Gasteiger partial charge on any atom is 0.491 e. The number of ether oxygens (including phenoxy) is 1. The zero-order chi connectivity index (χ0) is 19.6. The minimum Gasteiger partial charge on any atom is -0.450 e. The summed E-state index contributed by atoms with van der Waals surface area (Å²) in [7, 11) is -4.79. The molecular weight excluding hydrogens is 369 g/mol. The van der Waals surface area contributed by atoms with Gasteiger partial charge in [-0.05, 0) is 48.1 Å². The van der Waals surface area contributed by atoms with E-state index in [1.165, 1.54) is 6.07 Å². The Hall–Kier alpha value is -2.36. The topological polar surface area (TPSA) is 102 Å². The maximum atomic E-state index is 13.0. The zero-order valence-corrected chi connectivity index (χ0v) is 15.9. The van der Waals surface area contributed by atoms with Crippen LogP contribution >= 0.6 is 0 Å². The van der Waals surface area contributed by atoms with Crippen LogP contribution in [0.1, 0.15) is 23.6 Å². The molecule has 0 unspecified atom stereocenters. The van der Waals surface area contributed by atoms with Gasteiger partial charge < -0.3 is 14.4 Å². The summed E-state index contributed by atoms with van der Waals surface area (Å²) in [6.45, 7) is 3.95. The highest BCUT2D eigenvalue weighted by Gasteiger charge is 2.28. The normalized spacial score (nSPS) is 13.4. The lowest BCUT2D eigenvalue weighted by Crippen LogP contribution is -2.28. The summed E-state index contributed by atoms with van der Waals surface area (Å²) in [4.78, 5) is 11.8. The van der Waals surface area contributed by atoms with Gasteiger partial charge in [0.15, 0.2) is 9.84 Å². The van der Waals surface area contributed by atoms with Crippen molar-refractivity contribution in [2.24, 2.45) is 0 Å². The Morgan fingerprint density at radius 1 is 1.30 bits per heavy atom. The molecule has 9 heteroatoms. The van der Waals surface area contributed by atoms with Crippen molar-refractivity contribution < 1.29 is 27.6 Å². The fraction of sp³-hybridized carbons (Fsp3) is 0.278. The molecule has 0 aromatic heterocycles. The van der Waals surface area contributed by atoms with Crippen molar-refractivity contribution in [1.82, 2.24) is 0 Å². The van der Waals surface area contributed by atoms with Crippen LogP contribution in [-0.2, 0) is 31.6 Å².